The lowest BCUT2D eigenvalue weighted by Crippen LogP contribution is -2.70. The average Bonchev–Trinajstić information content (AvgIpc) is 3.86. The van der Waals surface area contributed by atoms with Crippen LogP contribution in [0.1, 0.15) is 76.8 Å². The van der Waals surface area contributed by atoms with Gasteiger partial charge in [-0.05, 0) is 83.0 Å². The van der Waals surface area contributed by atoms with Crippen LogP contribution in [0.15, 0.2) is 41.9 Å². The summed E-state index contributed by atoms with van der Waals surface area (Å²) in [5, 5.41) is 8.18. The van der Waals surface area contributed by atoms with E-state index in [1.807, 2.05) is 51.2 Å². The molecule has 3 aromatic heterocycles. The van der Waals surface area contributed by atoms with Gasteiger partial charge < -0.3 is 38.8 Å². The van der Waals surface area contributed by atoms with E-state index in [2.05, 4.69) is 60.3 Å². The molecule has 4 aromatic rings. The van der Waals surface area contributed by atoms with E-state index >= 15 is 0 Å². The predicted molar refractivity (Wildman–Crippen MR) is 251 cm³/mol. The van der Waals surface area contributed by atoms with Crippen LogP contribution in [-0.4, -0.2) is 150 Å². The molecule has 7 rings (SSSR count). The summed E-state index contributed by atoms with van der Waals surface area (Å²) in [6.45, 7) is 14.7. The number of benzene rings is 1. The number of aromatic nitrogens is 3. The molecule has 65 heavy (non-hydrogen) atoms. The van der Waals surface area contributed by atoms with Crippen LogP contribution in [0.3, 0.4) is 0 Å². The SMILES string of the molecule is CCn1c(-c2cccnc2[C@H](C)OC)c2c3cc(ccc31)-c1csc(n1)C[C@H](NC(=O)C(C(C)C)N(C)C(=O)N1CC(CN(C)C)(OC)C1)C(=O)N1CCC[C@H](N1)C(=O)OCC(C)(C)C2. The van der Waals surface area contributed by atoms with Gasteiger partial charge in [0.1, 0.15) is 23.7 Å². The van der Waals surface area contributed by atoms with Crippen molar-refractivity contribution in [3.8, 4) is 22.5 Å². The molecule has 6 heterocycles. The molecular weight excluding hydrogens is 847 g/mol. The number of thiazole rings is 1. The van der Waals surface area contributed by atoms with Crippen molar-refractivity contribution in [1.29, 1.82) is 0 Å². The number of urea groups is 1. The number of aryl methyl sites for hydroxylation is 1. The number of rotatable bonds is 11. The lowest BCUT2D eigenvalue weighted by Gasteiger charge is -2.51. The summed E-state index contributed by atoms with van der Waals surface area (Å²) in [6, 6.07) is 7.44. The van der Waals surface area contributed by atoms with E-state index < -0.39 is 46.9 Å². The number of likely N-dealkylation sites (N-methyl/N-ethyl adjacent to an activating group) is 2. The van der Waals surface area contributed by atoms with Gasteiger partial charge in [-0.15, -0.1) is 11.3 Å². The number of methoxy groups -OCH3 is 2. The summed E-state index contributed by atoms with van der Waals surface area (Å²) >= 11 is 1.42. The van der Waals surface area contributed by atoms with Gasteiger partial charge in [-0.3, -0.25) is 24.4 Å². The molecule has 3 aliphatic heterocycles. The molecule has 0 radical (unpaired) electrons. The highest BCUT2D eigenvalue weighted by Crippen LogP contribution is 2.42. The monoisotopic (exact) mass is 913 g/mol. The number of carbonyl (C=O) groups excluding carboxylic acids is 4. The maximum Gasteiger partial charge on any atom is 0.324 e. The number of likely N-dealkylation sites (tertiary alicyclic amines) is 1. The van der Waals surface area contributed by atoms with E-state index in [-0.39, 0.29) is 31.1 Å². The second kappa shape index (κ2) is 19.5. The van der Waals surface area contributed by atoms with Crippen molar-refractivity contribution in [2.45, 2.75) is 104 Å². The van der Waals surface area contributed by atoms with E-state index in [4.69, 9.17) is 24.2 Å². The molecule has 2 saturated heterocycles. The first kappa shape index (κ1) is 48.0. The average molecular weight is 914 g/mol. The quantitative estimate of drug-likeness (QED) is 0.182. The Morgan fingerprint density at radius 3 is 2.54 bits per heavy atom. The molecule has 3 aliphatic rings. The smallest absolute Gasteiger partial charge is 0.324 e. The lowest BCUT2D eigenvalue weighted by atomic mass is 9.84. The first-order chi connectivity index (χ1) is 30.9. The van der Waals surface area contributed by atoms with Gasteiger partial charge in [0.15, 0.2) is 0 Å². The molecule has 352 valence electrons. The fourth-order valence-corrected chi connectivity index (χ4v) is 10.6. The van der Waals surface area contributed by atoms with Crippen molar-refractivity contribution in [1.82, 2.24) is 45.0 Å². The minimum atomic E-state index is -1.06. The molecule has 2 fully saturated rings. The molecular formula is C48H67N9O7S. The first-order valence-corrected chi connectivity index (χ1v) is 23.6. The number of hydrogen-bond donors (Lipinski definition) is 2. The largest absolute Gasteiger partial charge is 0.464 e. The standard InChI is InChI=1S/C48H67N9O7S/c1-12-56-38-18-17-31-21-33(38)34(42(56)32-15-13-19-49-40(32)30(4)62-10)23-47(5,6)28-64-45(60)35-16-14-20-57(52-35)44(59)36(22-39-50-37(31)24-65-39)51-43(58)41(29(2)3)54(9)46(61)55-26-48(27-55,63-11)25-53(7)8/h13,15,17-19,21,24,29-30,35-36,41,52H,12,14,16,20,22-23,25-28H2,1-11H3,(H,51,58)/t30-,35-,36-,41?/m0/s1. The molecule has 0 spiro atoms. The maximum atomic E-state index is 14.6. The van der Waals surface area contributed by atoms with Crippen LogP contribution >= 0.6 is 11.3 Å². The van der Waals surface area contributed by atoms with Gasteiger partial charge in [-0.1, -0.05) is 33.8 Å². The van der Waals surface area contributed by atoms with Crippen LogP contribution in [0.2, 0.25) is 0 Å². The van der Waals surface area contributed by atoms with Crippen LogP contribution in [0.5, 0.6) is 0 Å². The third kappa shape index (κ3) is 9.94. The molecule has 2 N–H and O–H groups in total. The zero-order valence-electron chi connectivity index (χ0n) is 39.9. The van der Waals surface area contributed by atoms with E-state index in [9.17, 15) is 19.2 Å². The number of fused-ring (bicyclic) bond motifs is 6. The topological polar surface area (TPSA) is 164 Å². The molecule has 0 aliphatic carbocycles. The highest BCUT2D eigenvalue weighted by molar-refractivity contribution is 7.10. The van der Waals surface area contributed by atoms with Crippen molar-refractivity contribution >= 4 is 46.1 Å². The second-order valence-corrected chi connectivity index (χ2v) is 20.3. The van der Waals surface area contributed by atoms with Gasteiger partial charge in [0.05, 0.1) is 47.9 Å². The van der Waals surface area contributed by atoms with Gasteiger partial charge in [-0.25, -0.2) is 15.2 Å². The van der Waals surface area contributed by atoms with E-state index in [0.29, 0.717) is 57.0 Å². The number of nitrogens with zero attached hydrogens (tertiary/aromatic N) is 7. The molecule has 4 atom stereocenters. The van der Waals surface area contributed by atoms with Crippen LogP contribution in [-0.2, 0) is 48.0 Å². The van der Waals surface area contributed by atoms with Crippen LogP contribution in [0, 0.1) is 11.3 Å². The third-order valence-corrected chi connectivity index (χ3v) is 13.9. The Bertz CT molecular complexity index is 2390. The molecule has 1 unspecified atom stereocenters. The van der Waals surface area contributed by atoms with Crippen molar-refractivity contribution in [3.63, 3.8) is 0 Å². The summed E-state index contributed by atoms with van der Waals surface area (Å²) in [4.78, 5) is 71.9. The highest BCUT2D eigenvalue weighted by atomic mass is 32.1. The van der Waals surface area contributed by atoms with E-state index in [1.165, 1.54) is 21.2 Å². The Labute approximate surface area is 386 Å². The number of cyclic esters (lactones) is 1. The van der Waals surface area contributed by atoms with Crippen molar-refractivity contribution in [2.75, 3.05) is 68.1 Å². The molecule has 1 aromatic carbocycles. The van der Waals surface area contributed by atoms with Crippen LogP contribution in [0.25, 0.3) is 33.4 Å². The number of pyridine rings is 1. The fourth-order valence-electron chi connectivity index (χ4n) is 9.74. The van der Waals surface area contributed by atoms with Gasteiger partial charge in [0.25, 0.3) is 5.91 Å². The molecule has 17 heteroatoms. The number of hydrogen-bond acceptors (Lipinski definition) is 12. The predicted octanol–water partition coefficient (Wildman–Crippen LogP) is 5.54. The Morgan fingerprint density at radius 1 is 1.11 bits per heavy atom. The molecule has 6 bridgehead atoms. The number of amides is 4. The zero-order chi connectivity index (χ0) is 47.0. The van der Waals surface area contributed by atoms with E-state index in [1.54, 1.807) is 32.4 Å². The second-order valence-electron chi connectivity index (χ2n) is 19.3. The Hall–Kier alpha value is -4.94. The van der Waals surface area contributed by atoms with Crippen LogP contribution in [0.4, 0.5) is 4.79 Å². The summed E-state index contributed by atoms with van der Waals surface area (Å²) in [7, 11) is 8.90. The number of hydrazine groups is 1. The van der Waals surface area contributed by atoms with E-state index in [0.717, 1.165) is 44.7 Å². The number of nitrogens with one attached hydrogen (secondary N) is 2. The number of ether oxygens (including phenoxy) is 3. The van der Waals surface area contributed by atoms with Crippen molar-refractivity contribution in [3.05, 3.63) is 58.2 Å². The first-order valence-electron chi connectivity index (χ1n) is 22.7. The third-order valence-electron chi connectivity index (χ3n) is 13.0. The van der Waals surface area contributed by atoms with Gasteiger partial charge in [0, 0.05) is 86.3 Å². The molecule has 4 amide bonds. The van der Waals surface area contributed by atoms with Crippen molar-refractivity contribution < 1.29 is 33.4 Å². The zero-order valence-corrected chi connectivity index (χ0v) is 40.7. The van der Waals surface area contributed by atoms with Crippen LogP contribution < -0.4 is 10.7 Å². The van der Waals surface area contributed by atoms with Gasteiger partial charge >= 0.3 is 12.0 Å². The summed E-state index contributed by atoms with van der Waals surface area (Å²) in [5.41, 5.74) is 8.86. The number of carbonyl (C=O) groups is 4. The number of esters is 1. The minimum Gasteiger partial charge on any atom is -0.464 e. The minimum absolute atomic E-state index is 0.0948. The maximum absolute atomic E-state index is 14.6. The molecule has 16 nitrogen and oxygen atoms in total. The van der Waals surface area contributed by atoms with Gasteiger partial charge in [0.2, 0.25) is 5.91 Å². The van der Waals surface area contributed by atoms with Gasteiger partial charge in [-0.2, -0.15) is 0 Å². The molecule has 0 saturated carbocycles. The fraction of sp³-hybridized carbons (Fsp3) is 0.583. The highest BCUT2D eigenvalue weighted by Gasteiger charge is 2.48. The normalized spacial score (nSPS) is 20.9. The Morgan fingerprint density at radius 2 is 1.86 bits per heavy atom. The summed E-state index contributed by atoms with van der Waals surface area (Å²) < 4.78 is 20.1. The Kier molecular flexibility index (Phi) is 14.4. The Balaban J connectivity index is 1.25. The summed E-state index contributed by atoms with van der Waals surface area (Å²) in [6.07, 6.45) is 3.25. The lowest BCUT2D eigenvalue weighted by molar-refractivity contribution is -0.155. The van der Waals surface area contributed by atoms with Crippen molar-refractivity contribution in [2.24, 2.45) is 11.3 Å². The summed E-state index contributed by atoms with van der Waals surface area (Å²) in [5.74, 6) is -1.59.